The van der Waals surface area contributed by atoms with Gasteiger partial charge in [0.1, 0.15) is 11.6 Å². The van der Waals surface area contributed by atoms with Gasteiger partial charge in [-0.15, -0.1) is 0 Å². The molecule has 1 unspecified atom stereocenters. The van der Waals surface area contributed by atoms with Crippen molar-refractivity contribution in [3.8, 4) is 5.75 Å². The first-order chi connectivity index (χ1) is 14.8. The molecule has 0 spiro atoms. The lowest BCUT2D eigenvalue weighted by molar-refractivity contribution is 0.0966. The zero-order valence-electron chi connectivity index (χ0n) is 21.4. The highest BCUT2D eigenvalue weighted by molar-refractivity contribution is 9.08. The van der Waals surface area contributed by atoms with Crippen molar-refractivity contribution in [2.75, 3.05) is 13.1 Å². The molecule has 1 fully saturated rings. The Labute approximate surface area is 204 Å². The highest BCUT2D eigenvalue weighted by Gasteiger charge is 2.32. The summed E-state index contributed by atoms with van der Waals surface area (Å²) in [6, 6.07) is 3.77. The lowest BCUT2D eigenvalue weighted by Gasteiger charge is -2.28. The van der Waals surface area contributed by atoms with Gasteiger partial charge in [-0.2, -0.15) is 4.02 Å². The van der Waals surface area contributed by atoms with Gasteiger partial charge >= 0.3 is 0 Å². The number of Topliss-reactive ketones (excluding diaryl/α,β-unsaturated/α-hetero) is 1. The number of phenols is 1. The monoisotopic (exact) mass is 506 g/mol. The van der Waals surface area contributed by atoms with Gasteiger partial charge < -0.3 is 10.0 Å². The molecule has 32 heavy (non-hydrogen) atoms. The Morgan fingerprint density at radius 3 is 2.09 bits per heavy atom. The molecule has 0 amide bonds. The number of carbonyl (C=O) groups is 1. The van der Waals surface area contributed by atoms with Crippen LogP contribution in [0.15, 0.2) is 16.2 Å². The third-order valence-corrected chi connectivity index (χ3v) is 7.35. The summed E-state index contributed by atoms with van der Waals surface area (Å²) in [6.45, 7) is 18.2. The Morgan fingerprint density at radius 1 is 1.12 bits per heavy atom. The number of aromatic hydroxyl groups is 1. The number of rotatable bonds is 8. The molecule has 1 atom stereocenters. The van der Waals surface area contributed by atoms with Crippen LogP contribution < -0.4 is 0 Å². The quantitative estimate of drug-likeness (QED) is 0.373. The van der Waals surface area contributed by atoms with Crippen LogP contribution in [0.5, 0.6) is 5.75 Å². The first-order valence-corrected chi connectivity index (χ1v) is 12.9. The number of hydrogen-bond acceptors (Lipinski definition) is 3. The normalized spacial score (nSPS) is 18.8. The Bertz CT molecular complexity index is 794. The van der Waals surface area contributed by atoms with Gasteiger partial charge in [-0.3, -0.25) is 4.79 Å². The number of benzene rings is 1. The van der Waals surface area contributed by atoms with Gasteiger partial charge in [-0.25, -0.2) is 0 Å². The molecule has 1 aromatic rings. The van der Waals surface area contributed by atoms with E-state index in [9.17, 15) is 9.90 Å². The summed E-state index contributed by atoms with van der Waals surface area (Å²) in [5.41, 5.74) is 1.82. The molecule has 0 aromatic heterocycles. The van der Waals surface area contributed by atoms with Gasteiger partial charge in [0.2, 0.25) is 0 Å². The fourth-order valence-electron chi connectivity index (χ4n) is 4.71. The maximum atomic E-state index is 13.4. The van der Waals surface area contributed by atoms with Gasteiger partial charge in [0, 0.05) is 29.2 Å². The molecule has 2 rings (SSSR count). The van der Waals surface area contributed by atoms with Crippen molar-refractivity contribution in [1.29, 1.82) is 0 Å². The van der Waals surface area contributed by atoms with Crippen molar-refractivity contribution in [2.24, 2.45) is 15.9 Å². The molecule has 1 aliphatic heterocycles. The first kappa shape index (κ1) is 26.9. The smallest absolute Gasteiger partial charge is 0.182 e. The van der Waals surface area contributed by atoms with Crippen molar-refractivity contribution in [3.05, 3.63) is 28.8 Å². The molecule has 0 radical (unpaired) electrons. The number of carbonyl (C=O) groups excluding carboxylic acids is 1. The van der Waals surface area contributed by atoms with Crippen molar-refractivity contribution in [2.45, 2.75) is 98.3 Å². The van der Waals surface area contributed by atoms with Crippen LogP contribution in [-0.4, -0.2) is 34.7 Å². The van der Waals surface area contributed by atoms with Crippen LogP contribution in [0.4, 0.5) is 0 Å². The van der Waals surface area contributed by atoms with Gasteiger partial charge in [0.25, 0.3) is 0 Å². The number of phenolic OH excluding ortho intramolecular Hbond substituents is 1. The minimum absolute atomic E-state index is 0.0790. The Hall–Kier alpha value is -1.36. The highest BCUT2D eigenvalue weighted by Crippen LogP contribution is 2.40. The molecule has 0 saturated carbocycles. The average Bonchev–Trinajstić information content (AvgIpc) is 3.08. The lowest BCUT2D eigenvalue weighted by Crippen LogP contribution is -2.33. The number of hydrogen-bond donors (Lipinski definition) is 1. The molecule has 0 bridgehead atoms. The van der Waals surface area contributed by atoms with E-state index in [0.29, 0.717) is 23.8 Å². The first-order valence-electron chi connectivity index (χ1n) is 12.2. The standard InChI is InChI=1S/C27H43BrN2O2/c1-9-18(10-2)11-12-19-13-14-30(25(19)29-28)17-23(31)20-15-21(26(3,4)5)24(32)22(16-20)27(6,7)8/h15-16,18-19,32H,9-14,17H2,1-8H3. The van der Waals surface area contributed by atoms with Crippen LogP contribution in [0.1, 0.15) is 109 Å². The topological polar surface area (TPSA) is 52.9 Å². The molecule has 0 aliphatic carbocycles. The minimum atomic E-state index is -0.253. The molecule has 1 aromatic carbocycles. The molecule has 1 saturated heterocycles. The van der Waals surface area contributed by atoms with Crippen molar-refractivity contribution >= 4 is 27.8 Å². The Morgan fingerprint density at radius 2 is 1.66 bits per heavy atom. The van der Waals surface area contributed by atoms with Crippen LogP contribution >= 0.6 is 16.1 Å². The molecular weight excluding hydrogens is 464 g/mol. The molecule has 1 N–H and O–H groups in total. The van der Waals surface area contributed by atoms with Crippen molar-refractivity contribution in [1.82, 2.24) is 4.90 Å². The minimum Gasteiger partial charge on any atom is -0.507 e. The summed E-state index contributed by atoms with van der Waals surface area (Å²) in [5, 5.41) is 11.0. The zero-order valence-corrected chi connectivity index (χ0v) is 23.0. The molecule has 1 heterocycles. The molecule has 1 aliphatic rings. The van der Waals surface area contributed by atoms with Crippen LogP contribution in [0.2, 0.25) is 0 Å². The number of amidine groups is 1. The highest BCUT2D eigenvalue weighted by atomic mass is 79.9. The van der Waals surface area contributed by atoms with Crippen LogP contribution in [0.25, 0.3) is 0 Å². The summed E-state index contributed by atoms with van der Waals surface area (Å²) >= 11 is 3.33. The molecular formula is C27H43BrN2O2. The maximum Gasteiger partial charge on any atom is 0.182 e. The van der Waals surface area contributed by atoms with E-state index in [4.69, 9.17) is 0 Å². The second-order valence-electron chi connectivity index (χ2n) is 11.5. The second kappa shape index (κ2) is 10.7. The number of likely N-dealkylation sites (tertiary alicyclic amines) is 1. The third-order valence-electron chi connectivity index (χ3n) is 6.98. The van der Waals surface area contributed by atoms with E-state index in [2.05, 4.69) is 80.5 Å². The summed E-state index contributed by atoms with van der Waals surface area (Å²) < 4.78 is 4.42. The van der Waals surface area contributed by atoms with E-state index in [0.717, 1.165) is 42.3 Å². The van der Waals surface area contributed by atoms with E-state index in [1.54, 1.807) is 0 Å². The van der Waals surface area contributed by atoms with E-state index in [1.807, 2.05) is 12.1 Å². The molecule has 180 valence electrons. The number of nitrogens with zero attached hydrogens (tertiary/aromatic N) is 2. The Kier molecular flexibility index (Phi) is 9.00. The summed E-state index contributed by atoms with van der Waals surface area (Å²) in [6.07, 6.45) is 5.84. The number of ketones is 1. The van der Waals surface area contributed by atoms with Gasteiger partial charge in [0.05, 0.1) is 22.7 Å². The average molecular weight is 508 g/mol. The Balaban J connectivity index is 2.25. The van der Waals surface area contributed by atoms with Gasteiger partial charge in [-0.1, -0.05) is 68.2 Å². The number of halogens is 1. The third kappa shape index (κ3) is 6.36. The van der Waals surface area contributed by atoms with Crippen molar-refractivity contribution < 1.29 is 9.90 Å². The SMILES string of the molecule is CCC(CC)CCC1CCN(CC(=O)c2cc(C(C)(C)C)c(O)c(C(C)(C)C)c2)C1=NBr. The maximum absolute atomic E-state index is 13.4. The summed E-state index contributed by atoms with van der Waals surface area (Å²) in [7, 11) is 0. The van der Waals surface area contributed by atoms with Crippen LogP contribution in [0.3, 0.4) is 0 Å². The molecule has 5 heteroatoms. The van der Waals surface area contributed by atoms with Gasteiger partial charge in [-0.05, 0) is 48.1 Å². The largest absolute Gasteiger partial charge is 0.507 e. The van der Waals surface area contributed by atoms with E-state index in [1.165, 1.54) is 19.3 Å². The molecule has 4 nitrogen and oxygen atoms in total. The predicted molar refractivity (Wildman–Crippen MR) is 139 cm³/mol. The van der Waals surface area contributed by atoms with E-state index >= 15 is 0 Å². The van der Waals surface area contributed by atoms with E-state index < -0.39 is 0 Å². The fourth-order valence-corrected chi connectivity index (χ4v) is 5.22. The van der Waals surface area contributed by atoms with Crippen LogP contribution in [0, 0.1) is 11.8 Å². The zero-order chi connectivity index (χ0) is 24.3. The van der Waals surface area contributed by atoms with Crippen molar-refractivity contribution in [3.63, 3.8) is 0 Å². The summed E-state index contributed by atoms with van der Waals surface area (Å²) in [4.78, 5) is 15.5. The van der Waals surface area contributed by atoms with Gasteiger partial charge in [0.15, 0.2) is 5.78 Å². The predicted octanol–water partition coefficient (Wildman–Crippen LogP) is 7.42. The fraction of sp³-hybridized carbons (Fsp3) is 0.704. The van der Waals surface area contributed by atoms with E-state index in [-0.39, 0.29) is 16.6 Å². The summed E-state index contributed by atoms with van der Waals surface area (Å²) in [5.74, 6) is 2.58. The second-order valence-corrected chi connectivity index (χ2v) is 11.8. The van der Waals surface area contributed by atoms with Crippen LogP contribution in [-0.2, 0) is 10.8 Å². The lowest BCUT2D eigenvalue weighted by atomic mass is 9.78.